The van der Waals surface area contributed by atoms with Crippen LogP contribution in [0.3, 0.4) is 0 Å². The highest BCUT2D eigenvalue weighted by Crippen LogP contribution is 2.32. The number of carbonyl (C=O) groups excluding carboxylic acids is 1. The number of rotatable bonds is 4. The lowest BCUT2D eigenvalue weighted by atomic mass is 10.00. The number of benzene rings is 1. The fourth-order valence-corrected chi connectivity index (χ4v) is 3.44. The second kappa shape index (κ2) is 7.29. The molecular weight excluding hydrogens is 336 g/mol. The van der Waals surface area contributed by atoms with Gasteiger partial charge in [0.05, 0.1) is 17.8 Å². The zero-order valence-electron chi connectivity index (χ0n) is 12.7. The minimum atomic E-state index is 0.00605. The number of carbonyl (C=O) groups is 1. The van der Waals surface area contributed by atoms with Gasteiger partial charge in [0, 0.05) is 30.1 Å². The molecule has 0 atom stereocenters. The maximum atomic E-state index is 12.2. The van der Waals surface area contributed by atoms with Crippen LogP contribution < -0.4 is 10.1 Å². The molecule has 1 aromatic heterocycles. The van der Waals surface area contributed by atoms with Crippen LogP contribution in [0.25, 0.3) is 11.3 Å². The van der Waals surface area contributed by atoms with Crippen LogP contribution in [0.2, 0.25) is 5.02 Å². The number of ether oxygens (including phenoxy) is 2. The van der Waals surface area contributed by atoms with Gasteiger partial charge in [-0.15, -0.1) is 11.3 Å². The van der Waals surface area contributed by atoms with E-state index in [0.29, 0.717) is 29.1 Å². The molecule has 1 amide bonds. The summed E-state index contributed by atoms with van der Waals surface area (Å²) in [4.78, 5) is 16.7. The zero-order valence-corrected chi connectivity index (χ0v) is 14.2. The second-order valence-corrected chi connectivity index (χ2v) is 6.53. The van der Waals surface area contributed by atoms with Gasteiger partial charge in [0.1, 0.15) is 5.75 Å². The van der Waals surface area contributed by atoms with E-state index < -0.39 is 0 Å². The molecule has 1 aliphatic heterocycles. The summed E-state index contributed by atoms with van der Waals surface area (Å²) in [5, 5.41) is 5.93. The van der Waals surface area contributed by atoms with Crippen molar-refractivity contribution in [1.82, 2.24) is 4.98 Å². The molecule has 1 aromatic carbocycles. The third-order valence-corrected chi connectivity index (χ3v) is 4.83. The Labute approximate surface area is 143 Å². The number of nitrogens with zero attached hydrogens (tertiary/aromatic N) is 1. The molecule has 122 valence electrons. The minimum Gasteiger partial charge on any atom is -0.495 e. The van der Waals surface area contributed by atoms with Gasteiger partial charge in [-0.3, -0.25) is 4.79 Å². The molecule has 0 unspecified atom stereocenters. The van der Waals surface area contributed by atoms with Gasteiger partial charge in [0.25, 0.3) is 0 Å². The van der Waals surface area contributed by atoms with Gasteiger partial charge in [0.2, 0.25) is 5.91 Å². The lowest BCUT2D eigenvalue weighted by molar-refractivity contribution is -0.122. The van der Waals surface area contributed by atoms with Crippen LogP contribution in [0.4, 0.5) is 5.13 Å². The van der Waals surface area contributed by atoms with Crippen molar-refractivity contribution in [2.75, 3.05) is 25.6 Å². The summed E-state index contributed by atoms with van der Waals surface area (Å²) < 4.78 is 10.4. The predicted octanol–water partition coefficient (Wildman–Crippen LogP) is 3.84. The third-order valence-electron chi connectivity index (χ3n) is 3.77. The number of halogens is 1. The van der Waals surface area contributed by atoms with Crippen LogP contribution in [0, 0.1) is 5.92 Å². The lowest BCUT2D eigenvalue weighted by Gasteiger charge is -2.20. The van der Waals surface area contributed by atoms with Crippen molar-refractivity contribution in [3.8, 4) is 17.0 Å². The quantitative estimate of drug-likeness (QED) is 0.908. The van der Waals surface area contributed by atoms with Gasteiger partial charge in [0.15, 0.2) is 5.13 Å². The van der Waals surface area contributed by atoms with E-state index in [2.05, 4.69) is 10.3 Å². The summed E-state index contributed by atoms with van der Waals surface area (Å²) >= 11 is 7.55. The van der Waals surface area contributed by atoms with Crippen LogP contribution >= 0.6 is 22.9 Å². The molecule has 1 aliphatic rings. The van der Waals surface area contributed by atoms with Gasteiger partial charge in [-0.05, 0) is 31.0 Å². The van der Waals surface area contributed by atoms with E-state index in [1.54, 1.807) is 19.2 Å². The van der Waals surface area contributed by atoms with E-state index in [9.17, 15) is 4.79 Å². The van der Waals surface area contributed by atoms with E-state index >= 15 is 0 Å². The molecule has 7 heteroatoms. The molecule has 3 rings (SSSR count). The molecule has 0 radical (unpaired) electrons. The van der Waals surface area contributed by atoms with Gasteiger partial charge in [-0.2, -0.15) is 0 Å². The molecule has 0 aliphatic carbocycles. The Morgan fingerprint density at radius 3 is 2.91 bits per heavy atom. The smallest absolute Gasteiger partial charge is 0.229 e. The number of hydrogen-bond acceptors (Lipinski definition) is 5. The Bertz CT molecular complexity index is 698. The van der Waals surface area contributed by atoms with E-state index in [4.69, 9.17) is 21.1 Å². The number of anilines is 1. The summed E-state index contributed by atoms with van der Waals surface area (Å²) in [6, 6.07) is 5.50. The molecule has 0 spiro atoms. The second-order valence-electron chi connectivity index (χ2n) is 5.26. The fraction of sp³-hybridized carbons (Fsp3) is 0.375. The highest BCUT2D eigenvalue weighted by atomic mass is 35.5. The van der Waals surface area contributed by atoms with Crippen molar-refractivity contribution in [2.45, 2.75) is 12.8 Å². The third kappa shape index (κ3) is 3.83. The van der Waals surface area contributed by atoms with E-state index in [-0.39, 0.29) is 11.8 Å². The van der Waals surface area contributed by atoms with Gasteiger partial charge < -0.3 is 14.8 Å². The van der Waals surface area contributed by atoms with Crippen LogP contribution in [0.1, 0.15) is 12.8 Å². The largest absolute Gasteiger partial charge is 0.495 e. The highest BCUT2D eigenvalue weighted by molar-refractivity contribution is 7.14. The van der Waals surface area contributed by atoms with Crippen molar-refractivity contribution in [1.29, 1.82) is 0 Å². The molecular formula is C16H17ClN2O3S. The summed E-state index contributed by atoms with van der Waals surface area (Å²) in [5.74, 6) is 0.646. The Hall–Kier alpha value is -1.63. The summed E-state index contributed by atoms with van der Waals surface area (Å²) in [7, 11) is 1.58. The lowest BCUT2D eigenvalue weighted by Crippen LogP contribution is -2.28. The number of nitrogens with one attached hydrogen (secondary N) is 1. The predicted molar refractivity (Wildman–Crippen MR) is 91.3 cm³/mol. The van der Waals surface area contributed by atoms with E-state index in [0.717, 1.165) is 24.1 Å². The van der Waals surface area contributed by atoms with Gasteiger partial charge >= 0.3 is 0 Å². The minimum absolute atomic E-state index is 0.00605. The van der Waals surface area contributed by atoms with Crippen molar-refractivity contribution in [3.63, 3.8) is 0 Å². The molecule has 2 heterocycles. The summed E-state index contributed by atoms with van der Waals surface area (Å²) in [5.41, 5.74) is 1.67. The molecule has 1 N–H and O–H groups in total. The topological polar surface area (TPSA) is 60.5 Å². The van der Waals surface area contributed by atoms with Crippen molar-refractivity contribution < 1.29 is 14.3 Å². The standard InChI is InChI=1S/C16H17ClN2O3S/c1-21-14-3-2-11(8-12(14)17)13-9-23-16(18-13)19-15(20)10-4-6-22-7-5-10/h2-3,8-10H,4-7H2,1H3,(H,18,19,20). The zero-order chi connectivity index (χ0) is 16.2. The van der Waals surface area contributed by atoms with E-state index in [1.165, 1.54) is 11.3 Å². The Kier molecular flexibility index (Phi) is 5.15. The first-order valence-electron chi connectivity index (χ1n) is 7.35. The number of amides is 1. The summed E-state index contributed by atoms with van der Waals surface area (Å²) in [6.07, 6.45) is 1.52. The maximum Gasteiger partial charge on any atom is 0.229 e. The maximum absolute atomic E-state index is 12.2. The van der Waals surface area contributed by atoms with Gasteiger partial charge in [-0.1, -0.05) is 11.6 Å². The number of aromatic nitrogens is 1. The fourth-order valence-electron chi connectivity index (χ4n) is 2.46. The van der Waals surface area contributed by atoms with Crippen LogP contribution in [0.5, 0.6) is 5.75 Å². The first-order valence-corrected chi connectivity index (χ1v) is 8.61. The van der Waals surface area contributed by atoms with Crippen LogP contribution in [0.15, 0.2) is 23.6 Å². The van der Waals surface area contributed by atoms with Crippen molar-refractivity contribution in [2.24, 2.45) is 5.92 Å². The highest BCUT2D eigenvalue weighted by Gasteiger charge is 2.22. The average molecular weight is 353 g/mol. The van der Waals surface area contributed by atoms with Crippen molar-refractivity contribution in [3.05, 3.63) is 28.6 Å². The summed E-state index contributed by atoms with van der Waals surface area (Å²) in [6.45, 7) is 1.29. The first-order chi connectivity index (χ1) is 11.2. The Balaban J connectivity index is 1.70. The molecule has 0 bridgehead atoms. The SMILES string of the molecule is COc1ccc(-c2csc(NC(=O)C3CCOCC3)n2)cc1Cl. The van der Waals surface area contributed by atoms with Crippen LogP contribution in [-0.4, -0.2) is 31.2 Å². The molecule has 1 saturated heterocycles. The molecule has 2 aromatic rings. The Morgan fingerprint density at radius 2 is 2.22 bits per heavy atom. The number of thiazole rings is 1. The van der Waals surface area contributed by atoms with Crippen LogP contribution in [-0.2, 0) is 9.53 Å². The number of methoxy groups -OCH3 is 1. The Morgan fingerprint density at radius 1 is 1.43 bits per heavy atom. The molecule has 1 fully saturated rings. The molecule has 0 saturated carbocycles. The first kappa shape index (κ1) is 16.2. The molecule has 23 heavy (non-hydrogen) atoms. The monoisotopic (exact) mass is 352 g/mol. The number of hydrogen-bond donors (Lipinski definition) is 1. The van der Waals surface area contributed by atoms with Crippen molar-refractivity contribution >= 4 is 34.0 Å². The van der Waals surface area contributed by atoms with Gasteiger partial charge in [-0.25, -0.2) is 4.98 Å². The van der Waals surface area contributed by atoms with E-state index in [1.807, 2.05) is 11.4 Å². The normalized spacial score (nSPS) is 15.4. The molecule has 5 nitrogen and oxygen atoms in total. The average Bonchev–Trinajstić information content (AvgIpc) is 3.04.